The third kappa shape index (κ3) is 4.19. The lowest BCUT2D eigenvalue weighted by atomic mass is 10.1. The largest absolute Gasteiger partial charge is 0.416 e. The van der Waals surface area contributed by atoms with Crippen LogP contribution in [0.15, 0.2) is 24.3 Å². The lowest BCUT2D eigenvalue weighted by Crippen LogP contribution is -2.30. The van der Waals surface area contributed by atoms with Crippen molar-refractivity contribution in [3.05, 3.63) is 56.9 Å². The summed E-state index contributed by atoms with van der Waals surface area (Å²) in [5.41, 5.74) is 0.121. The summed E-state index contributed by atoms with van der Waals surface area (Å²) >= 11 is 0. The minimum Gasteiger partial charge on any atom is -0.340 e. The van der Waals surface area contributed by atoms with E-state index in [-0.39, 0.29) is 36.1 Å². The highest BCUT2D eigenvalue weighted by atomic mass is 19.4. The van der Waals surface area contributed by atoms with Crippen LogP contribution in [0.25, 0.3) is 0 Å². The molecule has 0 spiro atoms. The summed E-state index contributed by atoms with van der Waals surface area (Å²) in [5.74, 6) is -0.370. The summed E-state index contributed by atoms with van der Waals surface area (Å²) < 4.78 is 38.9. The van der Waals surface area contributed by atoms with Crippen LogP contribution >= 0.6 is 0 Å². The molecule has 0 fully saturated rings. The van der Waals surface area contributed by atoms with Crippen LogP contribution in [0.3, 0.4) is 0 Å². The number of hydrogen-bond acceptors (Lipinski definition) is 4. The van der Waals surface area contributed by atoms with Gasteiger partial charge < -0.3 is 4.90 Å². The second kappa shape index (κ2) is 7.14. The first-order valence-corrected chi connectivity index (χ1v) is 7.59. The first kappa shape index (κ1) is 19.4. The summed E-state index contributed by atoms with van der Waals surface area (Å²) in [6.45, 7) is 2.90. The van der Waals surface area contributed by atoms with Crippen molar-refractivity contribution in [1.29, 1.82) is 0 Å². The number of aryl methyl sites for hydroxylation is 1. The maximum Gasteiger partial charge on any atom is 0.416 e. The zero-order valence-electron chi connectivity index (χ0n) is 14.4. The summed E-state index contributed by atoms with van der Waals surface area (Å²) in [7, 11) is 1.50. The van der Waals surface area contributed by atoms with E-state index in [9.17, 15) is 28.1 Å². The highest BCUT2D eigenvalue weighted by Gasteiger charge is 2.30. The zero-order valence-corrected chi connectivity index (χ0v) is 14.4. The average Bonchev–Trinajstić information content (AvgIpc) is 2.80. The number of benzene rings is 1. The van der Waals surface area contributed by atoms with Crippen molar-refractivity contribution in [2.24, 2.45) is 0 Å². The predicted octanol–water partition coefficient (Wildman–Crippen LogP) is 3.09. The fourth-order valence-corrected chi connectivity index (χ4v) is 2.52. The molecule has 26 heavy (non-hydrogen) atoms. The van der Waals surface area contributed by atoms with Crippen molar-refractivity contribution in [3.8, 4) is 0 Å². The molecule has 0 aliphatic carbocycles. The molecule has 1 aromatic carbocycles. The van der Waals surface area contributed by atoms with Gasteiger partial charge in [0.25, 0.3) is 0 Å². The van der Waals surface area contributed by atoms with Crippen LogP contribution in [0.2, 0.25) is 0 Å². The van der Waals surface area contributed by atoms with Crippen molar-refractivity contribution in [2.75, 3.05) is 7.05 Å². The second-order valence-electron chi connectivity index (χ2n) is 5.88. The SMILES string of the molecule is Cc1nn(CC(=O)N(C)Cc2ccc(C(F)(F)F)cc2)c(C)c1[N+](=O)[O-]. The lowest BCUT2D eigenvalue weighted by Gasteiger charge is -2.18. The molecule has 0 aliphatic rings. The number of amides is 1. The molecule has 2 aromatic rings. The van der Waals surface area contributed by atoms with E-state index < -0.39 is 16.7 Å². The van der Waals surface area contributed by atoms with Gasteiger partial charge in [0.2, 0.25) is 5.91 Å². The Morgan fingerprint density at radius 2 is 1.85 bits per heavy atom. The molecular weight excluding hydrogens is 353 g/mol. The number of carbonyl (C=O) groups excluding carboxylic acids is 1. The van der Waals surface area contributed by atoms with Gasteiger partial charge in [-0.2, -0.15) is 18.3 Å². The number of rotatable bonds is 5. The monoisotopic (exact) mass is 370 g/mol. The number of hydrogen-bond donors (Lipinski definition) is 0. The summed E-state index contributed by atoms with van der Waals surface area (Å²) in [6.07, 6.45) is -4.41. The van der Waals surface area contributed by atoms with Crippen LogP contribution < -0.4 is 0 Å². The van der Waals surface area contributed by atoms with Gasteiger partial charge in [-0.3, -0.25) is 19.6 Å². The Bertz CT molecular complexity index is 829. The van der Waals surface area contributed by atoms with E-state index >= 15 is 0 Å². The minimum atomic E-state index is -4.41. The highest BCUT2D eigenvalue weighted by molar-refractivity contribution is 5.75. The number of nitro groups is 1. The van der Waals surface area contributed by atoms with Gasteiger partial charge in [-0.25, -0.2) is 0 Å². The lowest BCUT2D eigenvalue weighted by molar-refractivity contribution is -0.386. The van der Waals surface area contributed by atoms with Crippen LogP contribution in [-0.4, -0.2) is 32.6 Å². The van der Waals surface area contributed by atoms with E-state index in [1.807, 2.05) is 0 Å². The maximum absolute atomic E-state index is 12.6. The topological polar surface area (TPSA) is 81.3 Å². The molecule has 0 N–H and O–H groups in total. The number of nitrogens with zero attached hydrogens (tertiary/aromatic N) is 4. The van der Waals surface area contributed by atoms with Crippen molar-refractivity contribution in [1.82, 2.24) is 14.7 Å². The molecule has 1 aromatic heterocycles. The molecule has 0 unspecified atom stereocenters. The molecule has 0 saturated heterocycles. The zero-order chi connectivity index (χ0) is 19.6. The van der Waals surface area contributed by atoms with Crippen LogP contribution in [0.1, 0.15) is 22.5 Å². The standard InChI is InChI=1S/C16H17F3N4O3/c1-10-15(23(25)26)11(2)22(20-10)9-14(24)21(3)8-12-4-6-13(7-5-12)16(17,18)19/h4-7H,8-9H2,1-3H3. The normalized spacial score (nSPS) is 11.5. The molecule has 0 atom stereocenters. The van der Waals surface area contributed by atoms with Crippen molar-refractivity contribution < 1.29 is 22.9 Å². The van der Waals surface area contributed by atoms with E-state index in [0.717, 1.165) is 12.1 Å². The van der Waals surface area contributed by atoms with Gasteiger partial charge in [-0.15, -0.1) is 0 Å². The summed E-state index contributed by atoms with van der Waals surface area (Å²) in [6, 6.07) is 4.53. The highest BCUT2D eigenvalue weighted by Crippen LogP contribution is 2.29. The number of carbonyl (C=O) groups is 1. The Hall–Kier alpha value is -2.91. The van der Waals surface area contributed by atoms with Gasteiger partial charge in [0.05, 0.1) is 10.5 Å². The molecule has 7 nitrogen and oxygen atoms in total. The molecule has 0 radical (unpaired) electrons. The van der Waals surface area contributed by atoms with Crippen LogP contribution in [-0.2, 0) is 24.1 Å². The summed E-state index contributed by atoms with van der Waals surface area (Å²) in [5, 5.41) is 15.0. The third-order valence-corrected chi connectivity index (χ3v) is 3.94. The number of likely N-dealkylation sites (N-methyl/N-ethyl adjacent to an activating group) is 1. The molecule has 1 amide bonds. The molecule has 140 valence electrons. The van der Waals surface area contributed by atoms with Gasteiger partial charge in [-0.1, -0.05) is 12.1 Å². The Labute approximate surface area is 147 Å². The first-order valence-electron chi connectivity index (χ1n) is 7.59. The Morgan fingerprint density at radius 1 is 1.27 bits per heavy atom. The van der Waals surface area contributed by atoms with E-state index in [0.29, 0.717) is 5.56 Å². The van der Waals surface area contributed by atoms with Crippen molar-refractivity contribution >= 4 is 11.6 Å². The number of aromatic nitrogens is 2. The van der Waals surface area contributed by atoms with Gasteiger partial charge in [0, 0.05) is 13.6 Å². The maximum atomic E-state index is 12.6. The van der Waals surface area contributed by atoms with E-state index in [4.69, 9.17) is 0 Å². The molecule has 0 saturated carbocycles. The quantitative estimate of drug-likeness (QED) is 0.598. The van der Waals surface area contributed by atoms with E-state index in [2.05, 4.69) is 5.10 Å². The van der Waals surface area contributed by atoms with Crippen LogP contribution in [0.4, 0.5) is 18.9 Å². The first-order chi connectivity index (χ1) is 12.0. The van der Waals surface area contributed by atoms with Gasteiger partial charge >= 0.3 is 11.9 Å². The fraction of sp³-hybridized carbons (Fsp3) is 0.375. The number of halogens is 3. The number of alkyl halides is 3. The molecule has 0 aliphatic heterocycles. The molecule has 2 rings (SSSR count). The Morgan fingerprint density at radius 3 is 2.31 bits per heavy atom. The molecular formula is C16H17F3N4O3. The average molecular weight is 370 g/mol. The van der Waals surface area contributed by atoms with E-state index in [1.165, 1.54) is 42.6 Å². The van der Waals surface area contributed by atoms with Crippen LogP contribution in [0, 0.1) is 24.0 Å². The van der Waals surface area contributed by atoms with Gasteiger partial charge in [0.1, 0.15) is 17.9 Å². The molecule has 1 heterocycles. The minimum absolute atomic E-state index is 0.109. The predicted molar refractivity (Wildman–Crippen MR) is 86.3 cm³/mol. The van der Waals surface area contributed by atoms with Crippen LogP contribution in [0.5, 0.6) is 0 Å². The summed E-state index contributed by atoms with van der Waals surface area (Å²) in [4.78, 5) is 24.1. The smallest absolute Gasteiger partial charge is 0.340 e. The Kier molecular flexibility index (Phi) is 5.33. The van der Waals surface area contributed by atoms with Gasteiger partial charge in [-0.05, 0) is 31.5 Å². The van der Waals surface area contributed by atoms with E-state index in [1.54, 1.807) is 0 Å². The second-order valence-corrected chi connectivity index (χ2v) is 5.88. The van der Waals surface area contributed by atoms with Crippen molar-refractivity contribution in [2.45, 2.75) is 33.1 Å². The fourth-order valence-electron chi connectivity index (χ4n) is 2.52. The Balaban J connectivity index is 2.06. The third-order valence-electron chi connectivity index (χ3n) is 3.94. The van der Waals surface area contributed by atoms with Crippen molar-refractivity contribution in [3.63, 3.8) is 0 Å². The molecule has 0 bridgehead atoms. The molecule has 10 heteroatoms. The van der Waals surface area contributed by atoms with Gasteiger partial charge in [0.15, 0.2) is 0 Å².